The van der Waals surface area contributed by atoms with E-state index in [-0.39, 0.29) is 18.6 Å². The molecule has 0 saturated heterocycles. The molecule has 24 heavy (non-hydrogen) atoms. The molecule has 6 nitrogen and oxygen atoms in total. The second kappa shape index (κ2) is 7.04. The third kappa shape index (κ3) is 3.84. The number of primary amides is 1. The van der Waals surface area contributed by atoms with Gasteiger partial charge in [-0.2, -0.15) is 0 Å². The highest BCUT2D eigenvalue weighted by molar-refractivity contribution is 5.94. The molecule has 2 amide bonds. The summed E-state index contributed by atoms with van der Waals surface area (Å²) < 4.78 is 10.9. The lowest BCUT2D eigenvalue weighted by Crippen LogP contribution is -2.34. The maximum atomic E-state index is 12.2. The lowest BCUT2D eigenvalue weighted by atomic mass is 10.1. The predicted molar refractivity (Wildman–Crippen MR) is 88.0 cm³/mol. The van der Waals surface area contributed by atoms with Gasteiger partial charge in [-0.25, -0.2) is 0 Å². The zero-order valence-corrected chi connectivity index (χ0v) is 13.0. The number of ether oxygens (including phenoxy) is 2. The molecule has 3 N–H and O–H groups in total. The van der Waals surface area contributed by atoms with Crippen molar-refractivity contribution in [3.8, 4) is 11.5 Å². The van der Waals surface area contributed by atoms with E-state index in [0.29, 0.717) is 17.9 Å². The molecule has 3 rings (SSSR count). The van der Waals surface area contributed by atoms with Crippen molar-refractivity contribution in [3.63, 3.8) is 0 Å². The van der Waals surface area contributed by atoms with Crippen LogP contribution in [0, 0.1) is 0 Å². The zero-order chi connectivity index (χ0) is 16.9. The molecule has 2 aromatic carbocycles. The molecular formula is C18H18N2O4. The number of benzene rings is 2. The third-order valence-electron chi connectivity index (χ3n) is 3.70. The molecule has 0 radical (unpaired) electrons. The first-order valence-electron chi connectivity index (χ1n) is 7.66. The van der Waals surface area contributed by atoms with Crippen molar-refractivity contribution >= 4 is 11.8 Å². The van der Waals surface area contributed by atoms with E-state index < -0.39 is 5.91 Å². The normalized spacial score (nSPS) is 15.2. The number of hydrogen-bond donors (Lipinski definition) is 2. The fourth-order valence-electron chi connectivity index (χ4n) is 2.53. The van der Waals surface area contributed by atoms with Gasteiger partial charge in [0.05, 0.1) is 6.54 Å². The summed E-state index contributed by atoms with van der Waals surface area (Å²) in [4.78, 5) is 22.8. The van der Waals surface area contributed by atoms with E-state index in [4.69, 9.17) is 15.2 Å². The Balaban J connectivity index is 1.50. The minimum Gasteiger partial charge on any atom is -0.488 e. The van der Waals surface area contributed by atoms with Crippen LogP contribution >= 0.6 is 0 Å². The molecule has 0 bridgehead atoms. The molecule has 0 fully saturated rings. The SMILES string of the molecule is NC(=O)COc1ccc(C(=O)NCC2Cc3ccccc3O2)cc1. The molecule has 0 aliphatic carbocycles. The summed E-state index contributed by atoms with van der Waals surface area (Å²) in [6.07, 6.45) is 0.737. The Morgan fingerprint density at radius 2 is 1.92 bits per heavy atom. The Kier molecular flexibility index (Phi) is 4.65. The van der Waals surface area contributed by atoms with E-state index in [1.165, 1.54) is 0 Å². The second-order valence-electron chi connectivity index (χ2n) is 5.54. The van der Waals surface area contributed by atoms with Gasteiger partial charge in [0, 0.05) is 12.0 Å². The van der Waals surface area contributed by atoms with Gasteiger partial charge in [-0.05, 0) is 35.9 Å². The molecule has 0 aromatic heterocycles. The maximum absolute atomic E-state index is 12.2. The average Bonchev–Trinajstić information content (AvgIpc) is 3.01. The Labute approximate surface area is 139 Å². The van der Waals surface area contributed by atoms with Crippen molar-refractivity contribution < 1.29 is 19.1 Å². The number of rotatable bonds is 6. The van der Waals surface area contributed by atoms with Gasteiger partial charge >= 0.3 is 0 Å². The van der Waals surface area contributed by atoms with Crippen LogP contribution in [0.5, 0.6) is 11.5 Å². The van der Waals surface area contributed by atoms with Crippen molar-refractivity contribution in [3.05, 3.63) is 59.7 Å². The first kappa shape index (κ1) is 15.9. The summed E-state index contributed by atoms with van der Waals surface area (Å²) in [5.74, 6) is 0.637. The molecule has 1 unspecified atom stereocenters. The smallest absolute Gasteiger partial charge is 0.255 e. The van der Waals surface area contributed by atoms with Gasteiger partial charge in [-0.1, -0.05) is 18.2 Å². The van der Waals surface area contributed by atoms with Gasteiger partial charge < -0.3 is 20.5 Å². The van der Waals surface area contributed by atoms with Crippen molar-refractivity contribution in [1.29, 1.82) is 0 Å². The Hall–Kier alpha value is -3.02. The fraction of sp³-hybridized carbons (Fsp3) is 0.222. The van der Waals surface area contributed by atoms with E-state index in [0.717, 1.165) is 17.7 Å². The minimum atomic E-state index is -0.547. The lowest BCUT2D eigenvalue weighted by Gasteiger charge is -2.12. The monoisotopic (exact) mass is 326 g/mol. The second-order valence-corrected chi connectivity index (χ2v) is 5.54. The fourth-order valence-corrected chi connectivity index (χ4v) is 2.53. The Morgan fingerprint density at radius 1 is 1.17 bits per heavy atom. The van der Waals surface area contributed by atoms with Gasteiger partial charge in [-0.15, -0.1) is 0 Å². The van der Waals surface area contributed by atoms with Crippen molar-refractivity contribution in [2.45, 2.75) is 12.5 Å². The average molecular weight is 326 g/mol. The first-order chi connectivity index (χ1) is 11.6. The van der Waals surface area contributed by atoms with Crippen LogP contribution < -0.4 is 20.5 Å². The van der Waals surface area contributed by atoms with Gasteiger partial charge in [0.25, 0.3) is 11.8 Å². The number of hydrogen-bond acceptors (Lipinski definition) is 4. The summed E-state index contributed by atoms with van der Waals surface area (Å²) in [5, 5.41) is 2.87. The van der Waals surface area contributed by atoms with Crippen molar-refractivity contribution in [2.24, 2.45) is 5.73 Å². The quantitative estimate of drug-likeness (QED) is 0.837. The Bertz CT molecular complexity index is 718. The molecule has 124 valence electrons. The Morgan fingerprint density at radius 3 is 2.62 bits per heavy atom. The van der Waals surface area contributed by atoms with Crippen LogP contribution in [0.2, 0.25) is 0 Å². The third-order valence-corrected chi connectivity index (χ3v) is 3.70. The minimum absolute atomic E-state index is 0.0514. The molecule has 6 heteroatoms. The lowest BCUT2D eigenvalue weighted by molar-refractivity contribution is -0.119. The molecule has 1 aliphatic rings. The predicted octanol–water partition coefficient (Wildman–Crippen LogP) is 1.28. The highest BCUT2D eigenvalue weighted by atomic mass is 16.5. The van der Waals surface area contributed by atoms with Gasteiger partial charge in [-0.3, -0.25) is 9.59 Å². The largest absolute Gasteiger partial charge is 0.488 e. The number of nitrogens with one attached hydrogen (secondary N) is 1. The van der Waals surface area contributed by atoms with Gasteiger partial charge in [0.1, 0.15) is 17.6 Å². The summed E-state index contributed by atoms with van der Waals surface area (Å²) in [6, 6.07) is 14.4. The van der Waals surface area contributed by atoms with E-state index in [9.17, 15) is 9.59 Å². The van der Waals surface area contributed by atoms with Crippen LogP contribution in [0.25, 0.3) is 0 Å². The van der Waals surface area contributed by atoms with E-state index in [1.807, 2.05) is 24.3 Å². The number of nitrogens with two attached hydrogens (primary N) is 1. The van der Waals surface area contributed by atoms with Crippen LogP contribution in [0.1, 0.15) is 15.9 Å². The standard InChI is InChI=1S/C18H18N2O4/c19-17(21)11-23-14-7-5-12(6-8-14)18(22)20-10-15-9-13-3-1-2-4-16(13)24-15/h1-8,15H,9-11H2,(H2,19,21)(H,20,22). The van der Waals surface area contributed by atoms with Crippen LogP contribution in [-0.4, -0.2) is 31.1 Å². The van der Waals surface area contributed by atoms with Crippen molar-refractivity contribution in [2.75, 3.05) is 13.2 Å². The zero-order valence-electron chi connectivity index (χ0n) is 13.0. The molecule has 1 aliphatic heterocycles. The van der Waals surface area contributed by atoms with E-state index >= 15 is 0 Å². The molecule has 2 aromatic rings. The highest BCUT2D eigenvalue weighted by Gasteiger charge is 2.22. The molecule has 0 spiro atoms. The number of fused-ring (bicyclic) bond motifs is 1. The van der Waals surface area contributed by atoms with Crippen LogP contribution in [0.3, 0.4) is 0 Å². The maximum Gasteiger partial charge on any atom is 0.255 e. The summed E-state index contributed by atoms with van der Waals surface area (Å²) >= 11 is 0. The van der Waals surface area contributed by atoms with Gasteiger partial charge in [0.15, 0.2) is 6.61 Å². The van der Waals surface area contributed by atoms with Gasteiger partial charge in [0.2, 0.25) is 0 Å². The topological polar surface area (TPSA) is 90.7 Å². The summed E-state index contributed by atoms with van der Waals surface area (Å²) in [5.41, 5.74) is 6.68. The number of amides is 2. The molecule has 1 atom stereocenters. The number of carbonyl (C=O) groups is 2. The van der Waals surface area contributed by atoms with Crippen LogP contribution in [-0.2, 0) is 11.2 Å². The van der Waals surface area contributed by atoms with Crippen LogP contribution in [0.4, 0.5) is 0 Å². The summed E-state index contributed by atoms with van der Waals surface area (Å²) in [7, 11) is 0. The molecule has 1 heterocycles. The molecular weight excluding hydrogens is 308 g/mol. The summed E-state index contributed by atoms with van der Waals surface area (Å²) in [6.45, 7) is 0.249. The highest BCUT2D eigenvalue weighted by Crippen LogP contribution is 2.27. The number of carbonyl (C=O) groups excluding carboxylic acids is 2. The van der Waals surface area contributed by atoms with Crippen molar-refractivity contribution in [1.82, 2.24) is 5.32 Å². The molecule has 0 saturated carbocycles. The van der Waals surface area contributed by atoms with E-state index in [2.05, 4.69) is 5.32 Å². The first-order valence-corrected chi connectivity index (χ1v) is 7.66. The number of para-hydroxylation sites is 1. The van der Waals surface area contributed by atoms with E-state index in [1.54, 1.807) is 24.3 Å². The van der Waals surface area contributed by atoms with Crippen LogP contribution in [0.15, 0.2) is 48.5 Å².